The third-order valence-electron chi connectivity index (χ3n) is 1.93. The number of aryl methyl sites for hydroxylation is 1. The van der Waals surface area contributed by atoms with Crippen molar-refractivity contribution < 1.29 is 4.74 Å². The molecule has 0 bridgehead atoms. The van der Waals surface area contributed by atoms with Crippen molar-refractivity contribution in [3.05, 3.63) is 18.2 Å². The molecule has 0 saturated heterocycles. The van der Waals surface area contributed by atoms with Gasteiger partial charge in [-0.1, -0.05) is 0 Å². The van der Waals surface area contributed by atoms with Gasteiger partial charge in [-0.15, -0.1) is 24.0 Å². The molecule has 0 aliphatic heterocycles. The Kier molecular flexibility index (Phi) is 7.83. The van der Waals surface area contributed by atoms with E-state index in [0.717, 1.165) is 25.3 Å². The van der Waals surface area contributed by atoms with E-state index in [4.69, 9.17) is 16.3 Å². The number of alkyl halides is 1. The standard InChI is InChI=1S/C10H17ClN2O.ClH/c1-9(2)14-5-3-4-13-8-12-7-10(13)6-11;/h7-9H,3-6H2,1-2H3;1H. The van der Waals surface area contributed by atoms with Gasteiger partial charge in [0.05, 0.1) is 24.0 Å². The van der Waals surface area contributed by atoms with Crippen LogP contribution in [0.15, 0.2) is 12.5 Å². The number of ether oxygens (including phenoxy) is 1. The van der Waals surface area contributed by atoms with E-state index >= 15 is 0 Å². The number of hydrogen-bond acceptors (Lipinski definition) is 2. The molecule has 0 aromatic carbocycles. The highest BCUT2D eigenvalue weighted by atomic mass is 35.5. The van der Waals surface area contributed by atoms with Gasteiger partial charge in [0.1, 0.15) is 0 Å². The minimum atomic E-state index is 0. The quantitative estimate of drug-likeness (QED) is 0.575. The summed E-state index contributed by atoms with van der Waals surface area (Å²) in [5, 5.41) is 0. The van der Waals surface area contributed by atoms with Crippen LogP contribution in [0, 0.1) is 0 Å². The second-order valence-corrected chi connectivity index (χ2v) is 3.75. The monoisotopic (exact) mass is 252 g/mol. The number of rotatable bonds is 6. The summed E-state index contributed by atoms with van der Waals surface area (Å²) >= 11 is 5.74. The Hall–Kier alpha value is -0.250. The van der Waals surface area contributed by atoms with Crippen LogP contribution in [0.4, 0.5) is 0 Å². The molecule has 0 spiro atoms. The van der Waals surface area contributed by atoms with Crippen LogP contribution in [0.25, 0.3) is 0 Å². The molecule has 1 heterocycles. The first-order valence-corrected chi connectivity index (χ1v) is 5.44. The van der Waals surface area contributed by atoms with E-state index in [1.807, 2.05) is 20.2 Å². The Morgan fingerprint density at radius 1 is 1.53 bits per heavy atom. The smallest absolute Gasteiger partial charge is 0.0948 e. The van der Waals surface area contributed by atoms with E-state index in [1.54, 1.807) is 6.20 Å². The first-order valence-electron chi connectivity index (χ1n) is 4.90. The molecule has 0 atom stereocenters. The van der Waals surface area contributed by atoms with Crippen LogP contribution >= 0.6 is 24.0 Å². The van der Waals surface area contributed by atoms with Gasteiger partial charge in [-0.25, -0.2) is 4.98 Å². The first kappa shape index (κ1) is 14.8. The van der Waals surface area contributed by atoms with Crippen LogP contribution in [0.2, 0.25) is 0 Å². The Morgan fingerprint density at radius 3 is 2.87 bits per heavy atom. The lowest BCUT2D eigenvalue weighted by Crippen LogP contribution is -2.08. The van der Waals surface area contributed by atoms with Gasteiger partial charge < -0.3 is 9.30 Å². The lowest BCUT2D eigenvalue weighted by atomic mass is 10.4. The summed E-state index contributed by atoms with van der Waals surface area (Å²) in [5.74, 6) is 0.519. The zero-order valence-corrected chi connectivity index (χ0v) is 10.7. The highest BCUT2D eigenvalue weighted by molar-refractivity contribution is 6.16. The van der Waals surface area contributed by atoms with Crippen molar-refractivity contribution in [2.45, 2.75) is 38.8 Å². The van der Waals surface area contributed by atoms with Gasteiger partial charge in [-0.05, 0) is 20.3 Å². The molecule has 15 heavy (non-hydrogen) atoms. The molecule has 0 aliphatic carbocycles. The van der Waals surface area contributed by atoms with Crippen LogP contribution in [0.1, 0.15) is 26.0 Å². The summed E-state index contributed by atoms with van der Waals surface area (Å²) in [6.45, 7) is 5.80. The van der Waals surface area contributed by atoms with Crippen LogP contribution in [-0.2, 0) is 17.2 Å². The van der Waals surface area contributed by atoms with Crippen molar-refractivity contribution in [1.82, 2.24) is 9.55 Å². The van der Waals surface area contributed by atoms with Crippen molar-refractivity contribution >= 4 is 24.0 Å². The molecule has 0 fully saturated rings. The van der Waals surface area contributed by atoms with Crippen LogP contribution in [0.3, 0.4) is 0 Å². The zero-order chi connectivity index (χ0) is 10.4. The van der Waals surface area contributed by atoms with Gasteiger partial charge in [0.15, 0.2) is 0 Å². The summed E-state index contributed by atoms with van der Waals surface area (Å²) < 4.78 is 7.51. The maximum absolute atomic E-state index is 5.74. The molecule has 1 aromatic heterocycles. The number of hydrogen-bond donors (Lipinski definition) is 0. The maximum atomic E-state index is 5.74. The molecular formula is C10H18Cl2N2O. The second kappa shape index (κ2) is 7.97. The summed E-state index contributed by atoms with van der Waals surface area (Å²) in [6.07, 6.45) is 4.92. The van der Waals surface area contributed by atoms with Crippen molar-refractivity contribution in [3.8, 4) is 0 Å². The Bertz CT molecular complexity index is 264. The molecule has 0 N–H and O–H groups in total. The largest absolute Gasteiger partial charge is 0.379 e. The number of aromatic nitrogens is 2. The van der Waals surface area contributed by atoms with Gasteiger partial charge in [0, 0.05) is 19.3 Å². The summed E-state index contributed by atoms with van der Waals surface area (Å²) in [6, 6.07) is 0. The van der Waals surface area contributed by atoms with Crippen molar-refractivity contribution in [2.24, 2.45) is 0 Å². The predicted octanol–water partition coefficient (Wildman–Crippen LogP) is 2.86. The van der Waals surface area contributed by atoms with Gasteiger partial charge in [-0.3, -0.25) is 0 Å². The van der Waals surface area contributed by atoms with Gasteiger partial charge in [-0.2, -0.15) is 0 Å². The van der Waals surface area contributed by atoms with Gasteiger partial charge in [0.25, 0.3) is 0 Å². The fourth-order valence-electron chi connectivity index (χ4n) is 1.21. The van der Waals surface area contributed by atoms with E-state index < -0.39 is 0 Å². The molecule has 1 aromatic rings. The summed E-state index contributed by atoms with van der Waals surface area (Å²) in [4.78, 5) is 4.04. The summed E-state index contributed by atoms with van der Waals surface area (Å²) in [5.41, 5.74) is 1.07. The Morgan fingerprint density at radius 2 is 2.27 bits per heavy atom. The molecule has 0 saturated carbocycles. The van der Waals surface area contributed by atoms with Gasteiger partial charge >= 0.3 is 0 Å². The normalized spacial score (nSPS) is 10.4. The molecule has 0 aliphatic rings. The molecule has 0 amide bonds. The maximum Gasteiger partial charge on any atom is 0.0948 e. The molecule has 0 radical (unpaired) electrons. The number of imidazole rings is 1. The van der Waals surface area contributed by atoms with Crippen molar-refractivity contribution in [2.75, 3.05) is 6.61 Å². The van der Waals surface area contributed by atoms with E-state index in [2.05, 4.69) is 9.55 Å². The van der Waals surface area contributed by atoms with Crippen molar-refractivity contribution in [3.63, 3.8) is 0 Å². The zero-order valence-electron chi connectivity index (χ0n) is 9.15. The summed E-state index contributed by atoms with van der Waals surface area (Å²) in [7, 11) is 0. The Labute approximate surface area is 102 Å². The van der Waals surface area contributed by atoms with E-state index in [1.165, 1.54) is 0 Å². The highest BCUT2D eigenvalue weighted by Crippen LogP contribution is 2.04. The first-order chi connectivity index (χ1) is 6.74. The van der Waals surface area contributed by atoms with Crippen LogP contribution < -0.4 is 0 Å². The average Bonchev–Trinajstić information content (AvgIpc) is 2.59. The van der Waals surface area contributed by atoms with Crippen molar-refractivity contribution in [1.29, 1.82) is 0 Å². The number of nitrogens with zero attached hydrogens (tertiary/aromatic N) is 2. The SMILES string of the molecule is CC(C)OCCCn1cncc1CCl.Cl. The fraction of sp³-hybridized carbons (Fsp3) is 0.700. The Balaban J connectivity index is 0.00000196. The van der Waals surface area contributed by atoms with Gasteiger partial charge in [0.2, 0.25) is 0 Å². The lowest BCUT2D eigenvalue weighted by molar-refractivity contribution is 0.0748. The van der Waals surface area contributed by atoms with E-state index in [0.29, 0.717) is 12.0 Å². The predicted molar refractivity (Wildman–Crippen MR) is 64.7 cm³/mol. The molecule has 88 valence electrons. The van der Waals surface area contributed by atoms with E-state index in [-0.39, 0.29) is 12.4 Å². The van der Waals surface area contributed by atoms with Crippen LogP contribution in [-0.4, -0.2) is 22.3 Å². The number of halogens is 2. The topological polar surface area (TPSA) is 27.1 Å². The molecule has 5 heteroatoms. The highest BCUT2D eigenvalue weighted by Gasteiger charge is 2.00. The molecule has 0 unspecified atom stereocenters. The second-order valence-electron chi connectivity index (χ2n) is 3.49. The molecule has 3 nitrogen and oxygen atoms in total. The minimum Gasteiger partial charge on any atom is -0.379 e. The van der Waals surface area contributed by atoms with Crippen LogP contribution in [0.5, 0.6) is 0 Å². The third-order valence-corrected chi connectivity index (χ3v) is 2.20. The van der Waals surface area contributed by atoms with E-state index in [9.17, 15) is 0 Å². The third kappa shape index (κ3) is 5.40. The minimum absolute atomic E-state index is 0. The molecular weight excluding hydrogens is 235 g/mol. The fourth-order valence-corrected chi connectivity index (χ4v) is 1.44. The average molecular weight is 253 g/mol. The molecule has 1 rings (SSSR count). The lowest BCUT2D eigenvalue weighted by Gasteiger charge is -2.08.